The van der Waals surface area contributed by atoms with Crippen LogP contribution in [0.4, 0.5) is 28.4 Å². The molecule has 4 aromatic carbocycles. The molecule has 214 valence electrons. The summed E-state index contributed by atoms with van der Waals surface area (Å²) >= 11 is 1.45. The summed E-state index contributed by atoms with van der Waals surface area (Å²) in [7, 11) is 0. The number of carboxylic acids is 1. The third-order valence-corrected chi connectivity index (χ3v) is 8.38. The molecule has 5 nitrogen and oxygen atoms in total. The van der Waals surface area contributed by atoms with Gasteiger partial charge in [0.15, 0.2) is 0 Å². The van der Waals surface area contributed by atoms with Crippen LogP contribution in [0, 0.1) is 11.3 Å². The van der Waals surface area contributed by atoms with Crippen LogP contribution >= 0.6 is 11.3 Å². The van der Waals surface area contributed by atoms with E-state index in [1.54, 1.807) is 6.07 Å². The van der Waals surface area contributed by atoms with Crippen molar-refractivity contribution in [1.82, 2.24) is 0 Å². The number of carboxylic acid groups (broad SMARTS) is 1. The first-order valence-electron chi connectivity index (χ1n) is 14.3. The molecule has 6 rings (SSSR count). The van der Waals surface area contributed by atoms with E-state index in [1.807, 2.05) is 36.4 Å². The molecule has 0 spiro atoms. The minimum absolute atomic E-state index is 0.280. The summed E-state index contributed by atoms with van der Waals surface area (Å²) in [6.45, 7) is 0. The van der Waals surface area contributed by atoms with E-state index in [4.69, 9.17) is 5.26 Å². The Morgan fingerprint density at radius 2 is 1.25 bits per heavy atom. The smallest absolute Gasteiger partial charge is 0.346 e. The summed E-state index contributed by atoms with van der Waals surface area (Å²) in [5.41, 5.74) is 7.21. The summed E-state index contributed by atoms with van der Waals surface area (Å²) in [6.07, 6.45) is 10.2. The number of rotatable bonds is 9. The average Bonchev–Trinajstić information content (AvgIpc) is 3.55. The Labute approximate surface area is 261 Å². The molecule has 1 aliphatic carbocycles. The van der Waals surface area contributed by atoms with Crippen LogP contribution in [-0.2, 0) is 4.79 Å². The Balaban J connectivity index is 1.32. The van der Waals surface area contributed by atoms with Gasteiger partial charge in [-0.2, -0.15) is 5.26 Å². The molecule has 0 fully saturated rings. The number of para-hydroxylation sites is 2. The summed E-state index contributed by atoms with van der Waals surface area (Å²) in [5.74, 6) is -1.23. The monoisotopic (exact) mass is 591 g/mol. The number of aliphatic carboxylic acids is 1. The van der Waals surface area contributed by atoms with Crippen LogP contribution in [0.25, 0.3) is 16.5 Å². The van der Waals surface area contributed by atoms with E-state index in [0.717, 1.165) is 56.6 Å². The van der Waals surface area contributed by atoms with Crippen molar-refractivity contribution in [3.05, 3.63) is 156 Å². The zero-order valence-corrected chi connectivity index (χ0v) is 24.7. The molecule has 0 saturated heterocycles. The predicted molar refractivity (Wildman–Crippen MR) is 181 cm³/mol. The van der Waals surface area contributed by atoms with Crippen molar-refractivity contribution in [3.8, 4) is 16.5 Å². The second kappa shape index (κ2) is 13.1. The van der Waals surface area contributed by atoms with Crippen molar-refractivity contribution >= 4 is 51.8 Å². The zero-order chi connectivity index (χ0) is 30.3. The van der Waals surface area contributed by atoms with Gasteiger partial charge in [0.1, 0.15) is 11.6 Å². The third kappa shape index (κ3) is 6.24. The summed E-state index contributed by atoms with van der Waals surface area (Å²) < 4.78 is 0. The van der Waals surface area contributed by atoms with Crippen LogP contribution in [0.2, 0.25) is 0 Å². The fourth-order valence-electron chi connectivity index (χ4n) is 5.21. The molecule has 0 aliphatic heterocycles. The number of hydrogen-bond donors (Lipinski definition) is 1. The first-order chi connectivity index (χ1) is 21.6. The predicted octanol–water partition coefficient (Wildman–Crippen LogP) is 10.2. The molecule has 1 aliphatic rings. The lowest BCUT2D eigenvalue weighted by atomic mass is 10.1. The van der Waals surface area contributed by atoms with Crippen LogP contribution < -0.4 is 9.80 Å². The minimum Gasteiger partial charge on any atom is -0.477 e. The number of anilines is 5. The van der Waals surface area contributed by atoms with Gasteiger partial charge < -0.3 is 14.9 Å². The van der Waals surface area contributed by atoms with Crippen molar-refractivity contribution in [3.63, 3.8) is 0 Å². The number of thiophene rings is 1. The maximum absolute atomic E-state index is 11.2. The molecule has 0 saturated carbocycles. The molecular formula is C38H29N3O2S. The second-order valence-electron chi connectivity index (χ2n) is 10.2. The molecule has 1 heterocycles. The molecule has 1 aromatic heterocycles. The van der Waals surface area contributed by atoms with Gasteiger partial charge in [0, 0.05) is 43.9 Å². The van der Waals surface area contributed by atoms with E-state index >= 15 is 0 Å². The average molecular weight is 592 g/mol. The Morgan fingerprint density at radius 1 is 0.705 bits per heavy atom. The Kier molecular flexibility index (Phi) is 8.49. The third-order valence-electron chi connectivity index (χ3n) is 7.30. The molecule has 6 heteroatoms. The number of benzene rings is 4. The van der Waals surface area contributed by atoms with E-state index in [2.05, 4.69) is 113 Å². The number of carbonyl (C=O) groups is 1. The van der Waals surface area contributed by atoms with E-state index in [9.17, 15) is 9.90 Å². The van der Waals surface area contributed by atoms with E-state index in [1.165, 1.54) is 23.1 Å². The molecule has 0 bridgehead atoms. The lowest BCUT2D eigenvalue weighted by Gasteiger charge is -2.29. The lowest BCUT2D eigenvalue weighted by Crippen LogP contribution is -2.16. The zero-order valence-electron chi connectivity index (χ0n) is 23.9. The molecule has 0 atom stereocenters. The summed E-state index contributed by atoms with van der Waals surface area (Å²) in [4.78, 5) is 17.5. The van der Waals surface area contributed by atoms with Gasteiger partial charge in [0.25, 0.3) is 0 Å². The summed E-state index contributed by atoms with van der Waals surface area (Å²) in [6, 6.07) is 43.3. The van der Waals surface area contributed by atoms with Gasteiger partial charge in [-0.1, -0.05) is 60.7 Å². The van der Waals surface area contributed by atoms with E-state index in [-0.39, 0.29) is 5.57 Å². The highest BCUT2D eigenvalue weighted by Crippen LogP contribution is 2.39. The van der Waals surface area contributed by atoms with Crippen LogP contribution in [-0.4, -0.2) is 11.1 Å². The van der Waals surface area contributed by atoms with Gasteiger partial charge >= 0.3 is 5.97 Å². The minimum atomic E-state index is -1.23. The van der Waals surface area contributed by atoms with Crippen LogP contribution in [0.1, 0.15) is 17.7 Å². The molecular weight excluding hydrogens is 563 g/mol. The van der Waals surface area contributed by atoms with Gasteiger partial charge in [-0.15, -0.1) is 11.3 Å². The molecule has 1 N–H and O–H groups in total. The van der Waals surface area contributed by atoms with Gasteiger partial charge in [0.05, 0.1) is 0 Å². The van der Waals surface area contributed by atoms with Gasteiger partial charge in [-0.3, -0.25) is 0 Å². The Hall–Kier alpha value is -5.64. The number of nitriles is 1. The highest BCUT2D eigenvalue weighted by molar-refractivity contribution is 7.16. The SMILES string of the molecule is N#C/C(=C\c1ccc(-c2ccc(N(c3ccccc3)c3ccc(N(C4=CCCC=C4)c4ccccc4)cc3)cc2)s1)C(=O)O. The van der Waals surface area contributed by atoms with Crippen molar-refractivity contribution in [2.75, 3.05) is 9.80 Å². The van der Waals surface area contributed by atoms with Crippen molar-refractivity contribution < 1.29 is 9.90 Å². The number of allylic oxidation sites excluding steroid dienone is 3. The lowest BCUT2D eigenvalue weighted by molar-refractivity contribution is -0.132. The van der Waals surface area contributed by atoms with Gasteiger partial charge in [0.2, 0.25) is 0 Å². The first-order valence-corrected chi connectivity index (χ1v) is 15.1. The maximum Gasteiger partial charge on any atom is 0.346 e. The highest BCUT2D eigenvalue weighted by Gasteiger charge is 2.17. The molecule has 44 heavy (non-hydrogen) atoms. The molecule has 0 amide bonds. The second-order valence-corrected chi connectivity index (χ2v) is 11.3. The van der Waals surface area contributed by atoms with Crippen LogP contribution in [0.3, 0.4) is 0 Å². The standard InChI is InChI=1S/C38H29N3O2S/c39-27-29(38(42)43)26-36-24-25-37(44-36)28-16-18-33(19-17-28)41(32-14-8-3-9-15-32)35-22-20-34(21-23-35)40(30-10-4-1-5-11-30)31-12-6-2-7-13-31/h1,3-6,8-26H,2,7H2,(H,42,43)/b29-26+. The Bertz CT molecular complexity index is 1880. The van der Waals surface area contributed by atoms with Gasteiger partial charge in [-0.05, 0) is 103 Å². The molecule has 5 aromatic rings. The number of nitrogens with zero attached hydrogens (tertiary/aromatic N) is 3. The molecule has 0 unspecified atom stereocenters. The van der Waals surface area contributed by atoms with Crippen molar-refractivity contribution in [1.29, 1.82) is 5.26 Å². The fraction of sp³-hybridized carbons (Fsp3) is 0.0526. The molecule has 0 radical (unpaired) electrons. The summed E-state index contributed by atoms with van der Waals surface area (Å²) in [5, 5.41) is 18.3. The number of hydrogen-bond acceptors (Lipinski definition) is 5. The van der Waals surface area contributed by atoms with E-state index in [0.29, 0.717) is 0 Å². The Morgan fingerprint density at radius 3 is 1.80 bits per heavy atom. The van der Waals surface area contributed by atoms with Crippen LogP contribution in [0.15, 0.2) is 151 Å². The fourth-order valence-corrected chi connectivity index (χ4v) is 6.17. The van der Waals surface area contributed by atoms with Crippen LogP contribution in [0.5, 0.6) is 0 Å². The highest BCUT2D eigenvalue weighted by atomic mass is 32.1. The van der Waals surface area contributed by atoms with Crippen molar-refractivity contribution in [2.24, 2.45) is 0 Å². The topological polar surface area (TPSA) is 67.6 Å². The van der Waals surface area contributed by atoms with E-state index < -0.39 is 5.97 Å². The maximum atomic E-state index is 11.2. The quantitative estimate of drug-likeness (QED) is 0.136. The first kappa shape index (κ1) is 28.5. The normalized spacial score (nSPS) is 12.7. The van der Waals surface area contributed by atoms with Crippen molar-refractivity contribution in [2.45, 2.75) is 12.8 Å². The van der Waals surface area contributed by atoms with Gasteiger partial charge in [-0.25, -0.2) is 4.79 Å². The largest absolute Gasteiger partial charge is 0.477 e.